The molecule has 0 aromatic heterocycles. The van der Waals surface area contributed by atoms with Crippen LogP contribution >= 0.6 is 0 Å². The van der Waals surface area contributed by atoms with E-state index in [1.54, 1.807) is 0 Å². The second-order valence-corrected chi connectivity index (χ2v) is 3.99. The van der Waals surface area contributed by atoms with Crippen molar-refractivity contribution >= 4 is 0 Å². The Kier molecular flexibility index (Phi) is 4.44. The third kappa shape index (κ3) is 4.70. The standard InChI is InChI=1S/C11H10F7N/c12-6-1-2-8(11(16,17)18)7(5-6)9(19)3-4-10(13,14)15/h1-2,5,9H,3-4,19H2/t9-/m1/s1. The number of hydrogen-bond acceptors (Lipinski definition) is 1. The van der Waals surface area contributed by atoms with E-state index in [-0.39, 0.29) is 0 Å². The molecule has 1 aromatic rings. The van der Waals surface area contributed by atoms with Gasteiger partial charge in [0.05, 0.1) is 5.56 Å². The highest BCUT2D eigenvalue weighted by Crippen LogP contribution is 2.36. The first-order valence-corrected chi connectivity index (χ1v) is 5.19. The summed E-state index contributed by atoms with van der Waals surface area (Å²) in [7, 11) is 0. The lowest BCUT2D eigenvalue weighted by Crippen LogP contribution is -2.20. The Labute approximate surface area is 104 Å². The summed E-state index contributed by atoms with van der Waals surface area (Å²) < 4.78 is 86.7. The summed E-state index contributed by atoms with van der Waals surface area (Å²) in [6, 6.07) is 0.0408. The average molecular weight is 289 g/mol. The van der Waals surface area contributed by atoms with Crippen LogP contribution in [0.5, 0.6) is 0 Å². The van der Waals surface area contributed by atoms with E-state index in [0.717, 1.165) is 0 Å². The zero-order valence-electron chi connectivity index (χ0n) is 9.45. The van der Waals surface area contributed by atoms with Gasteiger partial charge < -0.3 is 5.73 Å². The van der Waals surface area contributed by atoms with Crippen LogP contribution in [-0.4, -0.2) is 6.18 Å². The van der Waals surface area contributed by atoms with Crippen LogP contribution in [0.15, 0.2) is 18.2 Å². The predicted octanol–water partition coefficient (Wildman–Crippen LogP) is 4.19. The van der Waals surface area contributed by atoms with E-state index in [0.29, 0.717) is 18.2 Å². The summed E-state index contributed by atoms with van der Waals surface area (Å²) in [5.41, 5.74) is 3.41. The van der Waals surface area contributed by atoms with Crippen LogP contribution in [-0.2, 0) is 6.18 Å². The maximum atomic E-state index is 12.9. The first-order valence-electron chi connectivity index (χ1n) is 5.19. The molecule has 1 aromatic carbocycles. The SMILES string of the molecule is N[C@H](CCC(F)(F)F)c1cc(F)ccc1C(F)(F)F. The van der Waals surface area contributed by atoms with Gasteiger partial charge in [0.25, 0.3) is 0 Å². The molecule has 0 heterocycles. The number of alkyl halides is 6. The molecule has 0 spiro atoms. The van der Waals surface area contributed by atoms with Gasteiger partial charge in [0.1, 0.15) is 5.82 Å². The number of benzene rings is 1. The smallest absolute Gasteiger partial charge is 0.324 e. The van der Waals surface area contributed by atoms with Gasteiger partial charge in [-0.2, -0.15) is 26.3 Å². The molecule has 0 radical (unpaired) electrons. The van der Waals surface area contributed by atoms with Crippen molar-refractivity contribution in [1.29, 1.82) is 0 Å². The first-order chi connectivity index (χ1) is 8.50. The van der Waals surface area contributed by atoms with E-state index in [2.05, 4.69) is 0 Å². The molecule has 1 nitrogen and oxygen atoms in total. The molecular formula is C11H10F7N. The minimum atomic E-state index is -4.79. The van der Waals surface area contributed by atoms with Crippen LogP contribution in [0.2, 0.25) is 0 Å². The van der Waals surface area contributed by atoms with Crippen molar-refractivity contribution in [2.75, 3.05) is 0 Å². The van der Waals surface area contributed by atoms with Gasteiger partial charge >= 0.3 is 12.4 Å². The lowest BCUT2D eigenvalue weighted by molar-refractivity contribution is -0.139. The van der Waals surface area contributed by atoms with E-state index < -0.39 is 48.2 Å². The van der Waals surface area contributed by atoms with Crippen molar-refractivity contribution in [2.24, 2.45) is 5.73 Å². The average Bonchev–Trinajstić information content (AvgIpc) is 2.23. The van der Waals surface area contributed by atoms with Crippen molar-refractivity contribution in [3.05, 3.63) is 35.1 Å². The van der Waals surface area contributed by atoms with Gasteiger partial charge in [0.15, 0.2) is 0 Å². The number of nitrogens with two attached hydrogens (primary N) is 1. The van der Waals surface area contributed by atoms with E-state index in [9.17, 15) is 30.7 Å². The summed E-state index contributed by atoms with van der Waals surface area (Å²) in [6.07, 6.45) is -11.4. The largest absolute Gasteiger partial charge is 0.416 e. The van der Waals surface area contributed by atoms with Gasteiger partial charge in [-0.15, -0.1) is 0 Å². The molecule has 2 N–H and O–H groups in total. The summed E-state index contributed by atoms with van der Waals surface area (Å²) in [5.74, 6) is -0.981. The number of hydrogen-bond donors (Lipinski definition) is 1. The third-order valence-corrected chi connectivity index (χ3v) is 2.46. The molecule has 1 rings (SSSR count). The lowest BCUT2D eigenvalue weighted by atomic mass is 9.97. The molecule has 0 aliphatic heterocycles. The summed E-state index contributed by atoms with van der Waals surface area (Å²) in [6.45, 7) is 0. The molecule has 19 heavy (non-hydrogen) atoms. The second kappa shape index (κ2) is 5.36. The molecule has 0 saturated carbocycles. The quantitative estimate of drug-likeness (QED) is 0.830. The lowest BCUT2D eigenvalue weighted by Gasteiger charge is -2.19. The molecular weight excluding hydrogens is 279 g/mol. The molecule has 0 amide bonds. The number of rotatable bonds is 3. The maximum Gasteiger partial charge on any atom is 0.416 e. The van der Waals surface area contributed by atoms with Crippen LogP contribution in [0.1, 0.15) is 30.0 Å². The molecule has 0 saturated heterocycles. The van der Waals surface area contributed by atoms with Crippen molar-refractivity contribution in [3.63, 3.8) is 0 Å². The second-order valence-electron chi connectivity index (χ2n) is 3.99. The molecule has 8 heteroatoms. The van der Waals surface area contributed by atoms with E-state index in [1.165, 1.54) is 0 Å². The van der Waals surface area contributed by atoms with Crippen LogP contribution in [0, 0.1) is 5.82 Å². The topological polar surface area (TPSA) is 26.0 Å². The van der Waals surface area contributed by atoms with Crippen LogP contribution in [0.3, 0.4) is 0 Å². The maximum absolute atomic E-state index is 12.9. The Morgan fingerprint density at radius 2 is 1.63 bits per heavy atom. The van der Waals surface area contributed by atoms with Crippen LogP contribution < -0.4 is 5.73 Å². The predicted molar refractivity (Wildman–Crippen MR) is 53.6 cm³/mol. The molecule has 1 atom stereocenters. The van der Waals surface area contributed by atoms with Gasteiger partial charge in [0, 0.05) is 12.5 Å². The van der Waals surface area contributed by atoms with Crippen molar-refractivity contribution in [1.82, 2.24) is 0 Å². The number of halogens is 7. The fraction of sp³-hybridized carbons (Fsp3) is 0.455. The summed E-state index contributed by atoms with van der Waals surface area (Å²) in [4.78, 5) is 0. The zero-order chi connectivity index (χ0) is 14.8. The van der Waals surface area contributed by atoms with E-state index in [1.807, 2.05) is 0 Å². The summed E-state index contributed by atoms with van der Waals surface area (Å²) in [5, 5.41) is 0. The molecule has 0 unspecified atom stereocenters. The molecule has 0 bridgehead atoms. The van der Waals surface area contributed by atoms with Gasteiger partial charge in [0.2, 0.25) is 0 Å². The molecule has 0 aliphatic carbocycles. The van der Waals surface area contributed by atoms with Gasteiger partial charge in [-0.05, 0) is 30.2 Å². The zero-order valence-corrected chi connectivity index (χ0v) is 9.45. The summed E-state index contributed by atoms with van der Waals surface area (Å²) >= 11 is 0. The van der Waals surface area contributed by atoms with Gasteiger partial charge in [-0.1, -0.05) is 0 Å². The minimum Gasteiger partial charge on any atom is -0.324 e. The highest BCUT2D eigenvalue weighted by Gasteiger charge is 2.36. The highest BCUT2D eigenvalue weighted by atomic mass is 19.4. The van der Waals surface area contributed by atoms with Crippen molar-refractivity contribution < 1.29 is 30.7 Å². The molecule has 0 fully saturated rings. The fourth-order valence-corrected chi connectivity index (χ4v) is 1.57. The third-order valence-electron chi connectivity index (χ3n) is 2.46. The van der Waals surface area contributed by atoms with E-state index in [4.69, 9.17) is 5.73 Å². The van der Waals surface area contributed by atoms with Crippen molar-refractivity contribution in [2.45, 2.75) is 31.2 Å². The Morgan fingerprint density at radius 3 is 2.11 bits per heavy atom. The Balaban J connectivity index is 3.01. The highest BCUT2D eigenvalue weighted by molar-refractivity contribution is 5.32. The van der Waals surface area contributed by atoms with Crippen LogP contribution in [0.4, 0.5) is 30.7 Å². The normalized spacial score (nSPS) is 14.5. The first kappa shape index (κ1) is 15.7. The van der Waals surface area contributed by atoms with Crippen molar-refractivity contribution in [3.8, 4) is 0 Å². The monoisotopic (exact) mass is 289 g/mol. The van der Waals surface area contributed by atoms with Gasteiger partial charge in [-0.3, -0.25) is 0 Å². The van der Waals surface area contributed by atoms with E-state index >= 15 is 0 Å². The Hall–Kier alpha value is -1.31. The molecule has 108 valence electrons. The Bertz CT molecular complexity index is 436. The molecule has 0 aliphatic rings. The Morgan fingerprint density at radius 1 is 1.05 bits per heavy atom. The fourth-order valence-electron chi connectivity index (χ4n) is 1.57. The van der Waals surface area contributed by atoms with Crippen LogP contribution in [0.25, 0.3) is 0 Å². The minimum absolute atomic E-state index is 0.470. The van der Waals surface area contributed by atoms with Gasteiger partial charge in [-0.25, -0.2) is 4.39 Å².